The first-order valence-corrected chi connectivity index (χ1v) is 6.44. The van der Waals surface area contributed by atoms with Crippen LogP contribution in [0.4, 0.5) is 11.8 Å². The molecule has 10 nitrogen and oxygen atoms in total. The maximum atomic E-state index is 10.4. The summed E-state index contributed by atoms with van der Waals surface area (Å²) in [5, 5.41) is 28.2. The Morgan fingerprint density at radius 1 is 0.792 bits per heavy atom. The van der Waals surface area contributed by atoms with Crippen LogP contribution in [-0.2, 0) is 0 Å². The van der Waals surface area contributed by atoms with E-state index >= 15 is 0 Å². The molecule has 0 aliphatic rings. The van der Waals surface area contributed by atoms with Crippen molar-refractivity contribution in [3.8, 4) is 0 Å². The second kappa shape index (κ2) is 7.98. The Morgan fingerprint density at radius 2 is 1.21 bits per heavy atom. The summed E-state index contributed by atoms with van der Waals surface area (Å²) >= 11 is 0. The molecule has 2 heterocycles. The summed E-state index contributed by atoms with van der Waals surface area (Å²) in [4.78, 5) is 19.6. The van der Waals surface area contributed by atoms with Gasteiger partial charge in [0.1, 0.15) is 21.4 Å². The highest BCUT2D eigenvalue weighted by atomic mass is 16.7. The summed E-state index contributed by atoms with van der Waals surface area (Å²) in [6.45, 7) is 0. The van der Waals surface area contributed by atoms with Crippen LogP contribution >= 0.6 is 0 Å². The van der Waals surface area contributed by atoms with Crippen LogP contribution in [0, 0.1) is 20.2 Å². The minimum Gasteiger partial charge on any atom is -0.401 e. The van der Waals surface area contributed by atoms with E-state index in [0.717, 1.165) is 0 Å². The zero-order chi connectivity index (χ0) is 17.4. The van der Waals surface area contributed by atoms with Gasteiger partial charge in [-0.05, 0) is 36.4 Å². The lowest BCUT2D eigenvalue weighted by molar-refractivity contribution is -0.402. The summed E-state index contributed by atoms with van der Waals surface area (Å²) in [5.74, 6) is -0.0475. The monoisotopic (exact) mass is 330 g/mol. The van der Waals surface area contributed by atoms with E-state index in [1.165, 1.54) is 61.0 Å². The SMILES string of the molecule is O=[N+]([O-])c1ccc(\C=C/C=N\N=C/C=C\c2ccc([N+](=O)[O-])o2)o1. The molecule has 122 valence electrons. The third kappa shape index (κ3) is 4.87. The number of nitro groups is 2. The number of rotatable bonds is 7. The molecule has 0 radical (unpaired) electrons. The second-order valence-corrected chi connectivity index (χ2v) is 4.11. The van der Waals surface area contributed by atoms with Gasteiger partial charge < -0.3 is 8.83 Å². The molecule has 0 aromatic carbocycles. The van der Waals surface area contributed by atoms with Crippen molar-refractivity contribution in [2.24, 2.45) is 10.2 Å². The molecular formula is C14H10N4O6. The number of hydrogen-bond donors (Lipinski definition) is 0. The molecule has 2 aromatic heterocycles. The average molecular weight is 330 g/mol. The van der Waals surface area contributed by atoms with E-state index in [9.17, 15) is 20.2 Å². The first-order chi connectivity index (χ1) is 11.6. The van der Waals surface area contributed by atoms with Gasteiger partial charge in [0.05, 0.1) is 12.1 Å². The smallest absolute Gasteiger partial charge is 0.401 e. The Kier molecular flexibility index (Phi) is 5.50. The topological polar surface area (TPSA) is 137 Å². The highest BCUT2D eigenvalue weighted by Gasteiger charge is 2.10. The summed E-state index contributed by atoms with van der Waals surface area (Å²) in [6.07, 6.45) is 8.69. The van der Waals surface area contributed by atoms with Crippen LogP contribution in [0.2, 0.25) is 0 Å². The summed E-state index contributed by atoms with van der Waals surface area (Å²) in [6, 6.07) is 5.41. The average Bonchev–Trinajstić information content (AvgIpc) is 3.19. The molecule has 0 spiro atoms. The third-order valence-corrected chi connectivity index (χ3v) is 2.48. The van der Waals surface area contributed by atoms with Crippen molar-refractivity contribution < 1.29 is 18.7 Å². The van der Waals surface area contributed by atoms with Gasteiger partial charge in [-0.15, -0.1) is 0 Å². The molecule has 0 fully saturated rings. The van der Waals surface area contributed by atoms with Crippen molar-refractivity contribution >= 4 is 36.3 Å². The summed E-state index contributed by atoms with van der Waals surface area (Å²) in [5.41, 5.74) is 0. The third-order valence-electron chi connectivity index (χ3n) is 2.48. The van der Waals surface area contributed by atoms with Crippen molar-refractivity contribution in [1.82, 2.24) is 0 Å². The van der Waals surface area contributed by atoms with E-state index in [2.05, 4.69) is 10.2 Å². The maximum absolute atomic E-state index is 10.4. The van der Waals surface area contributed by atoms with Gasteiger partial charge >= 0.3 is 11.8 Å². The fourth-order valence-corrected chi connectivity index (χ4v) is 1.49. The van der Waals surface area contributed by atoms with Gasteiger partial charge in [-0.1, -0.05) is 0 Å². The van der Waals surface area contributed by atoms with Gasteiger partial charge in [-0.2, -0.15) is 10.2 Å². The molecule has 0 aliphatic carbocycles. The Bertz CT molecular complexity index is 773. The van der Waals surface area contributed by atoms with Crippen LogP contribution in [0.15, 0.2) is 55.5 Å². The second-order valence-electron chi connectivity index (χ2n) is 4.11. The summed E-state index contributed by atoms with van der Waals surface area (Å²) in [7, 11) is 0. The van der Waals surface area contributed by atoms with Crippen molar-refractivity contribution in [3.05, 3.63) is 68.2 Å². The van der Waals surface area contributed by atoms with Crippen molar-refractivity contribution in [1.29, 1.82) is 0 Å². The quantitative estimate of drug-likeness (QED) is 0.433. The molecule has 0 atom stereocenters. The minimum absolute atomic E-state index is 0.316. The van der Waals surface area contributed by atoms with E-state index in [1.54, 1.807) is 0 Å². The normalized spacial score (nSPS) is 12.2. The predicted molar refractivity (Wildman–Crippen MR) is 85.8 cm³/mol. The van der Waals surface area contributed by atoms with Crippen LogP contribution in [0.3, 0.4) is 0 Å². The van der Waals surface area contributed by atoms with Gasteiger partial charge in [0.25, 0.3) is 0 Å². The van der Waals surface area contributed by atoms with Crippen LogP contribution in [0.5, 0.6) is 0 Å². The van der Waals surface area contributed by atoms with Gasteiger partial charge in [0.15, 0.2) is 0 Å². The van der Waals surface area contributed by atoms with Gasteiger partial charge in [0, 0.05) is 12.4 Å². The predicted octanol–water partition coefficient (Wildman–Crippen LogP) is 3.47. The Labute approximate surface area is 134 Å². The first kappa shape index (κ1) is 16.5. The number of allylic oxidation sites excluding steroid dienone is 2. The summed E-state index contributed by atoms with van der Waals surface area (Å²) < 4.78 is 9.80. The van der Waals surface area contributed by atoms with Gasteiger partial charge in [0.2, 0.25) is 0 Å². The number of hydrogen-bond acceptors (Lipinski definition) is 8. The van der Waals surface area contributed by atoms with E-state index in [0.29, 0.717) is 11.5 Å². The first-order valence-electron chi connectivity index (χ1n) is 6.44. The fourth-order valence-electron chi connectivity index (χ4n) is 1.49. The van der Waals surface area contributed by atoms with E-state index < -0.39 is 9.85 Å². The van der Waals surface area contributed by atoms with Crippen LogP contribution in [0.1, 0.15) is 11.5 Å². The van der Waals surface area contributed by atoms with E-state index in [4.69, 9.17) is 8.83 Å². The molecule has 24 heavy (non-hydrogen) atoms. The van der Waals surface area contributed by atoms with Crippen LogP contribution < -0.4 is 0 Å². The molecule has 0 saturated carbocycles. The molecule has 0 bridgehead atoms. The van der Waals surface area contributed by atoms with Crippen molar-refractivity contribution in [2.45, 2.75) is 0 Å². The van der Waals surface area contributed by atoms with Crippen molar-refractivity contribution in [3.63, 3.8) is 0 Å². The van der Waals surface area contributed by atoms with Gasteiger partial charge in [-0.3, -0.25) is 20.2 Å². The zero-order valence-corrected chi connectivity index (χ0v) is 12.0. The van der Waals surface area contributed by atoms with Crippen LogP contribution in [-0.4, -0.2) is 22.3 Å². The number of furan rings is 2. The Balaban J connectivity index is 1.81. The number of nitrogens with zero attached hydrogens (tertiary/aromatic N) is 4. The molecule has 2 rings (SSSR count). The fraction of sp³-hybridized carbons (Fsp3) is 0. The molecule has 10 heteroatoms. The zero-order valence-electron chi connectivity index (χ0n) is 12.0. The lowest BCUT2D eigenvalue weighted by Crippen LogP contribution is -1.82. The van der Waals surface area contributed by atoms with E-state index in [-0.39, 0.29) is 11.8 Å². The standard InChI is InChI=1S/C14H10N4O6/c19-17(20)13-7-5-11(23-13)3-1-9-15-16-10-2-4-12-6-8-14(24-12)18(21)22/h1-10H/b3-1-,4-2-,15-9-,16-10-. The maximum Gasteiger partial charge on any atom is 0.433 e. The van der Waals surface area contributed by atoms with Gasteiger partial charge in [-0.25, -0.2) is 0 Å². The molecule has 0 amide bonds. The Morgan fingerprint density at radius 3 is 1.54 bits per heavy atom. The largest absolute Gasteiger partial charge is 0.433 e. The molecule has 0 N–H and O–H groups in total. The highest BCUT2D eigenvalue weighted by Crippen LogP contribution is 2.17. The molecule has 0 aliphatic heterocycles. The molecule has 2 aromatic rings. The van der Waals surface area contributed by atoms with E-state index in [1.807, 2.05) is 0 Å². The highest BCUT2D eigenvalue weighted by molar-refractivity contribution is 5.80. The van der Waals surface area contributed by atoms with Crippen LogP contribution in [0.25, 0.3) is 12.2 Å². The molecular weight excluding hydrogens is 320 g/mol. The Hall–Kier alpha value is -3.82. The minimum atomic E-state index is -0.629. The lowest BCUT2D eigenvalue weighted by atomic mass is 10.4. The molecule has 0 unspecified atom stereocenters. The van der Waals surface area contributed by atoms with Crippen molar-refractivity contribution in [2.75, 3.05) is 0 Å². The lowest BCUT2D eigenvalue weighted by Gasteiger charge is -1.82. The molecule has 0 saturated heterocycles.